The molecule has 24 heavy (non-hydrogen) atoms. The number of hydrogen-bond donors (Lipinski definition) is 2. The lowest BCUT2D eigenvalue weighted by Gasteiger charge is -2.04. The topological polar surface area (TPSA) is 102 Å². The summed E-state index contributed by atoms with van der Waals surface area (Å²) in [5.41, 5.74) is 0.561. The van der Waals surface area contributed by atoms with Gasteiger partial charge in [0.05, 0.1) is 11.0 Å². The van der Waals surface area contributed by atoms with Crippen molar-refractivity contribution in [2.45, 2.75) is 4.90 Å². The molecule has 0 aliphatic heterocycles. The Kier molecular flexibility index (Phi) is 5.51. The first kappa shape index (κ1) is 17.5. The summed E-state index contributed by atoms with van der Waals surface area (Å²) in [5.74, 6) is 0.271. The van der Waals surface area contributed by atoms with Gasteiger partial charge < -0.3 is 14.8 Å². The van der Waals surface area contributed by atoms with Gasteiger partial charge >= 0.3 is 0 Å². The van der Waals surface area contributed by atoms with Crippen LogP contribution in [0, 0.1) is 0 Å². The van der Waals surface area contributed by atoms with Crippen LogP contribution in [0.3, 0.4) is 0 Å². The van der Waals surface area contributed by atoms with E-state index in [1.807, 2.05) is 18.2 Å². The van der Waals surface area contributed by atoms with E-state index in [4.69, 9.17) is 0 Å². The summed E-state index contributed by atoms with van der Waals surface area (Å²) in [7, 11) is -4.25. The van der Waals surface area contributed by atoms with Crippen LogP contribution in [-0.4, -0.2) is 23.2 Å². The maximum absolute atomic E-state index is 10.3. The number of hydrogen-bond acceptors (Lipinski definition) is 5. The molecule has 0 aliphatic carbocycles. The van der Waals surface area contributed by atoms with Crippen LogP contribution in [0.5, 0.6) is 11.5 Å². The van der Waals surface area contributed by atoms with E-state index < -0.39 is 10.1 Å². The molecule has 3 aromatic rings. The van der Waals surface area contributed by atoms with Crippen molar-refractivity contribution in [3.05, 3.63) is 79.1 Å². The molecule has 7 heteroatoms. The van der Waals surface area contributed by atoms with Gasteiger partial charge in [-0.1, -0.05) is 24.3 Å². The molecular formula is C17H15NO5S. The van der Waals surface area contributed by atoms with Gasteiger partial charge in [-0.2, -0.15) is 4.57 Å². The zero-order chi connectivity index (χ0) is 17.6. The maximum atomic E-state index is 10.3. The number of aromatic nitrogens is 1. The van der Waals surface area contributed by atoms with Crippen molar-refractivity contribution >= 4 is 10.1 Å². The smallest absolute Gasteiger partial charge is 0.256 e. The number of aromatic hydroxyl groups is 2. The highest BCUT2D eigenvalue weighted by Gasteiger charge is 2.11. The van der Waals surface area contributed by atoms with Gasteiger partial charge in [-0.05, 0) is 24.3 Å². The number of pyridine rings is 1. The molecule has 0 saturated carbocycles. The maximum Gasteiger partial charge on any atom is 0.256 e. The van der Waals surface area contributed by atoms with Crippen molar-refractivity contribution in [2.75, 3.05) is 0 Å². The molecule has 0 amide bonds. The monoisotopic (exact) mass is 345 g/mol. The molecule has 0 radical (unpaired) electrons. The molecule has 0 spiro atoms. The van der Waals surface area contributed by atoms with E-state index in [1.54, 1.807) is 23.0 Å². The van der Waals surface area contributed by atoms with E-state index in [0.717, 1.165) is 0 Å². The third-order valence-corrected chi connectivity index (χ3v) is 3.83. The quantitative estimate of drug-likeness (QED) is 0.420. The minimum absolute atomic E-state index is 0.133. The number of nitrogens with zero attached hydrogens (tertiary/aromatic N) is 1. The first-order valence-corrected chi connectivity index (χ1v) is 8.28. The molecule has 0 saturated heterocycles. The lowest BCUT2D eigenvalue weighted by molar-refractivity contribution is -0.596. The summed E-state index contributed by atoms with van der Waals surface area (Å²) >= 11 is 0. The van der Waals surface area contributed by atoms with Crippen molar-refractivity contribution in [1.29, 1.82) is 0 Å². The van der Waals surface area contributed by atoms with Gasteiger partial charge in [0.15, 0.2) is 18.1 Å². The molecular weight excluding hydrogens is 330 g/mol. The number of phenolic OH excluding ortho intramolecular Hbond substituents is 2. The first-order valence-electron chi connectivity index (χ1n) is 6.87. The predicted molar refractivity (Wildman–Crippen MR) is 85.7 cm³/mol. The lowest BCUT2D eigenvalue weighted by atomic mass is 10.2. The van der Waals surface area contributed by atoms with Crippen LogP contribution in [0.2, 0.25) is 0 Å². The molecule has 6 nitrogen and oxygen atoms in total. The zero-order valence-electron chi connectivity index (χ0n) is 12.5. The Balaban J connectivity index is 0.000000185. The highest BCUT2D eigenvalue weighted by molar-refractivity contribution is 7.85. The number of benzene rings is 2. The zero-order valence-corrected chi connectivity index (χ0v) is 13.3. The number of rotatable bonds is 2. The SMILES string of the molecule is O=S(=O)([O-])c1ccccc1.Oc1ccc(O)c(-[n+]2ccccc2)c1. The molecule has 124 valence electrons. The van der Waals surface area contributed by atoms with Gasteiger partial charge in [-0.25, -0.2) is 8.42 Å². The normalized spacial score (nSPS) is 10.5. The average molecular weight is 345 g/mol. The van der Waals surface area contributed by atoms with E-state index in [0.29, 0.717) is 5.69 Å². The van der Waals surface area contributed by atoms with Crippen LogP contribution in [0.4, 0.5) is 0 Å². The van der Waals surface area contributed by atoms with Gasteiger partial charge in [-0.15, -0.1) is 0 Å². The van der Waals surface area contributed by atoms with Crippen LogP contribution < -0.4 is 4.57 Å². The minimum atomic E-state index is -4.25. The van der Waals surface area contributed by atoms with E-state index >= 15 is 0 Å². The summed E-state index contributed by atoms with van der Waals surface area (Å²) in [5, 5.41) is 18.8. The fourth-order valence-electron chi connectivity index (χ4n) is 1.87. The van der Waals surface area contributed by atoms with Gasteiger partial charge in [-0.3, -0.25) is 0 Å². The summed E-state index contributed by atoms with van der Waals surface area (Å²) in [6, 6.07) is 17.2. The van der Waals surface area contributed by atoms with Gasteiger partial charge in [0.1, 0.15) is 15.9 Å². The van der Waals surface area contributed by atoms with E-state index in [2.05, 4.69) is 0 Å². The molecule has 0 bridgehead atoms. The van der Waals surface area contributed by atoms with Gasteiger partial charge in [0, 0.05) is 12.1 Å². The molecule has 2 N–H and O–H groups in total. The molecule has 3 rings (SSSR count). The highest BCUT2D eigenvalue weighted by Crippen LogP contribution is 2.21. The standard InChI is InChI=1S/C11H9NO2.C6H6O3S/c13-9-4-5-11(14)10(8-9)12-6-2-1-3-7-12;7-10(8,9)6-4-2-1-3-5-6/h1-8H,(H-,13,14);1-5H,(H,7,8,9). The molecule has 0 aliphatic rings. The van der Waals surface area contributed by atoms with Gasteiger partial charge in [0.25, 0.3) is 5.69 Å². The van der Waals surface area contributed by atoms with Gasteiger partial charge in [0.2, 0.25) is 0 Å². The Morgan fingerprint density at radius 2 is 1.42 bits per heavy atom. The Morgan fingerprint density at radius 1 is 0.833 bits per heavy atom. The molecule has 0 atom stereocenters. The second-order valence-corrected chi connectivity index (χ2v) is 6.10. The summed E-state index contributed by atoms with van der Waals surface area (Å²) in [6.07, 6.45) is 3.60. The van der Waals surface area contributed by atoms with Crippen LogP contribution in [0.15, 0.2) is 84.0 Å². The van der Waals surface area contributed by atoms with Crippen molar-refractivity contribution in [1.82, 2.24) is 0 Å². The Morgan fingerprint density at radius 3 is 1.96 bits per heavy atom. The summed E-state index contributed by atoms with van der Waals surface area (Å²) in [6.45, 7) is 0. The highest BCUT2D eigenvalue weighted by atomic mass is 32.2. The Bertz CT molecular complexity index is 897. The van der Waals surface area contributed by atoms with Crippen LogP contribution in [0.25, 0.3) is 5.69 Å². The second-order valence-electron chi connectivity index (χ2n) is 4.72. The number of phenols is 2. The van der Waals surface area contributed by atoms with E-state index in [-0.39, 0.29) is 16.4 Å². The third-order valence-electron chi connectivity index (χ3n) is 2.98. The average Bonchev–Trinajstić information content (AvgIpc) is 2.58. The van der Waals surface area contributed by atoms with Crippen LogP contribution in [-0.2, 0) is 10.1 Å². The van der Waals surface area contributed by atoms with Crippen LogP contribution in [0.1, 0.15) is 0 Å². The van der Waals surface area contributed by atoms with Crippen LogP contribution >= 0.6 is 0 Å². The minimum Gasteiger partial charge on any atom is -0.744 e. The second kappa shape index (κ2) is 7.58. The largest absolute Gasteiger partial charge is 0.744 e. The molecule has 0 fully saturated rings. The lowest BCUT2D eigenvalue weighted by Crippen LogP contribution is -2.28. The van der Waals surface area contributed by atoms with E-state index in [9.17, 15) is 23.2 Å². The van der Waals surface area contributed by atoms with E-state index in [1.165, 1.54) is 42.5 Å². The van der Waals surface area contributed by atoms with Crippen molar-refractivity contribution in [2.24, 2.45) is 0 Å². The summed E-state index contributed by atoms with van der Waals surface area (Å²) < 4.78 is 32.6. The molecule has 1 aromatic heterocycles. The third kappa shape index (κ3) is 4.80. The Labute approximate surface area is 139 Å². The Hall–Kier alpha value is -2.90. The van der Waals surface area contributed by atoms with Crippen molar-refractivity contribution < 1.29 is 27.8 Å². The molecule has 2 aromatic carbocycles. The molecule has 0 unspecified atom stereocenters. The fraction of sp³-hybridized carbons (Fsp3) is 0. The fourth-order valence-corrected chi connectivity index (χ4v) is 2.36. The predicted octanol–water partition coefficient (Wildman–Crippen LogP) is 1.97. The molecule has 1 heterocycles. The summed E-state index contributed by atoms with van der Waals surface area (Å²) in [4.78, 5) is -0.185. The van der Waals surface area contributed by atoms with Crippen molar-refractivity contribution in [3.8, 4) is 17.2 Å². The van der Waals surface area contributed by atoms with Crippen molar-refractivity contribution in [3.63, 3.8) is 0 Å². The first-order chi connectivity index (χ1) is 11.4.